The van der Waals surface area contributed by atoms with Gasteiger partial charge in [0.2, 0.25) is 0 Å². The van der Waals surface area contributed by atoms with Crippen LogP contribution in [0.15, 0.2) is 75.3 Å². The zero-order valence-electron chi connectivity index (χ0n) is 19.5. The third-order valence-electron chi connectivity index (χ3n) is 7.48. The minimum absolute atomic E-state index is 0.0282. The molecule has 0 spiro atoms. The van der Waals surface area contributed by atoms with Crippen molar-refractivity contribution in [3.8, 4) is 0 Å². The number of esters is 1. The van der Waals surface area contributed by atoms with Gasteiger partial charge in [-0.25, -0.2) is 0 Å². The Morgan fingerprint density at radius 1 is 0.941 bits per heavy atom. The van der Waals surface area contributed by atoms with Gasteiger partial charge in [0.05, 0.1) is 0 Å². The van der Waals surface area contributed by atoms with Gasteiger partial charge in [0.1, 0.15) is 12.0 Å². The van der Waals surface area contributed by atoms with E-state index in [2.05, 4.69) is 28.1 Å². The van der Waals surface area contributed by atoms with Crippen molar-refractivity contribution in [1.82, 2.24) is 0 Å². The summed E-state index contributed by atoms with van der Waals surface area (Å²) in [5, 5.41) is 0. The van der Waals surface area contributed by atoms with E-state index in [1.165, 1.54) is 6.42 Å². The van der Waals surface area contributed by atoms with Crippen LogP contribution < -0.4 is 0 Å². The largest absolute Gasteiger partial charge is 0.462 e. The fraction of sp³-hybridized carbons (Fsp3) is 0.414. The molecule has 3 atom stereocenters. The Hall–Kier alpha value is -2.53. The van der Waals surface area contributed by atoms with Crippen molar-refractivity contribution in [3.05, 3.63) is 81.5 Å². The zero-order chi connectivity index (χ0) is 23.7. The van der Waals surface area contributed by atoms with E-state index in [-0.39, 0.29) is 29.7 Å². The standard InChI is InChI=1S/C29H30BrNO3/c1-18-26(29(33)34-23-10-6-3-7-11-23)27(20-12-14-22(30)15-13-20)28-24(31-18)16-21(17-25(28)32)19-8-4-2-5-9-19/h2,4-5,8-9,12-15,21,23,26-27H,3,6-7,10-11,16-17H2,1H3/t21-,26?,27-/m0/s1. The molecule has 1 unspecified atom stereocenters. The lowest BCUT2D eigenvalue weighted by Crippen LogP contribution is -2.39. The topological polar surface area (TPSA) is 55.7 Å². The zero-order valence-corrected chi connectivity index (χ0v) is 21.1. The third-order valence-corrected chi connectivity index (χ3v) is 8.01. The minimum Gasteiger partial charge on any atom is -0.462 e. The minimum atomic E-state index is -0.570. The fourth-order valence-electron chi connectivity index (χ4n) is 5.78. The summed E-state index contributed by atoms with van der Waals surface area (Å²) in [6, 6.07) is 18.2. The van der Waals surface area contributed by atoms with Crippen LogP contribution in [-0.4, -0.2) is 23.6 Å². The van der Waals surface area contributed by atoms with E-state index < -0.39 is 5.92 Å². The molecular formula is C29H30BrNO3. The van der Waals surface area contributed by atoms with E-state index in [0.29, 0.717) is 18.4 Å². The first-order valence-electron chi connectivity index (χ1n) is 12.3. The third kappa shape index (κ3) is 4.68. The molecule has 1 heterocycles. The number of carbonyl (C=O) groups excluding carboxylic acids is 2. The van der Waals surface area contributed by atoms with E-state index in [0.717, 1.165) is 52.7 Å². The Bertz CT molecular complexity index is 1130. The molecule has 0 aromatic heterocycles. The number of benzene rings is 2. The maximum absolute atomic E-state index is 13.6. The van der Waals surface area contributed by atoms with Crippen LogP contribution in [0.5, 0.6) is 0 Å². The van der Waals surface area contributed by atoms with Gasteiger partial charge in [-0.05, 0) is 68.2 Å². The van der Waals surface area contributed by atoms with Crippen LogP contribution in [0.25, 0.3) is 0 Å². The highest BCUT2D eigenvalue weighted by atomic mass is 79.9. The number of Topliss-reactive ketones (excluding diaryl/α,β-unsaturated/α-hetero) is 1. The summed E-state index contributed by atoms with van der Waals surface area (Å²) in [6.45, 7) is 1.92. The summed E-state index contributed by atoms with van der Waals surface area (Å²) in [7, 11) is 0. The number of hydrogen-bond donors (Lipinski definition) is 0. The monoisotopic (exact) mass is 519 g/mol. The van der Waals surface area contributed by atoms with Crippen molar-refractivity contribution in [2.45, 2.75) is 69.8 Å². The van der Waals surface area contributed by atoms with Crippen LogP contribution >= 0.6 is 15.9 Å². The lowest BCUT2D eigenvalue weighted by Gasteiger charge is -2.37. The van der Waals surface area contributed by atoms with Crippen LogP contribution in [0.2, 0.25) is 0 Å². The second-order valence-electron chi connectivity index (χ2n) is 9.76. The second kappa shape index (κ2) is 9.99. The lowest BCUT2D eigenvalue weighted by atomic mass is 9.69. The highest BCUT2D eigenvalue weighted by Crippen LogP contribution is 2.47. The Kier molecular flexibility index (Phi) is 6.82. The molecule has 4 nitrogen and oxygen atoms in total. The van der Waals surface area contributed by atoms with E-state index in [4.69, 9.17) is 9.73 Å². The van der Waals surface area contributed by atoms with Gasteiger partial charge >= 0.3 is 5.97 Å². The molecule has 1 aliphatic heterocycles. The SMILES string of the molecule is CC1=NC2=C(C(=O)C[C@@H](c3ccccc3)C2)[C@@H](c2ccc(Br)cc2)C1C(=O)OC1CCCCC1. The first kappa shape index (κ1) is 23.2. The average Bonchev–Trinajstić information content (AvgIpc) is 2.84. The van der Waals surface area contributed by atoms with Crippen LogP contribution in [0, 0.1) is 5.92 Å². The molecule has 2 aromatic carbocycles. The maximum atomic E-state index is 13.6. The first-order valence-corrected chi connectivity index (χ1v) is 13.1. The smallest absolute Gasteiger partial charge is 0.315 e. The van der Waals surface area contributed by atoms with Gasteiger partial charge in [0.15, 0.2) is 5.78 Å². The molecule has 1 saturated carbocycles. The molecule has 2 aromatic rings. The van der Waals surface area contributed by atoms with Crippen LogP contribution in [0.1, 0.15) is 74.8 Å². The van der Waals surface area contributed by atoms with E-state index in [1.807, 2.05) is 49.4 Å². The average molecular weight is 520 g/mol. The molecule has 0 amide bonds. The summed E-state index contributed by atoms with van der Waals surface area (Å²) in [5.41, 5.74) is 4.40. The molecule has 5 heteroatoms. The number of ketones is 1. The normalized spacial score (nSPS) is 25.5. The van der Waals surface area contributed by atoms with Gasteiger partial charge in [-0.3, -0.25) is 14.6 Å². The number of allylic oxidation sites excluding steroid dienone is 2. The molecule has 34 heavy (non-hydrogen) atoms. The van der Waals surface area contributed by atoms with Gasteiger partial charge in [0, 0.05) is 33.8 Å². The number of carbonyl (C=O) groups is 2. The highest BCUT2D eigenvalue weighted by Gasteiger charge is 2.45. The van der Waals surface area contributed by atoms with Crippen molar-refractivity contribution in [1.29, 1.82) is 0 Å². The van der Waals surface area contributed by atoms with E-state index >= 15 is 0 Å². The van der Waals surface area contributed by atoms with Gasteiger partial charge in [-0.1, -0.05) is 64.8 Å². The van der Waals surface area contributed by atoms with Crippen molar-refractivity contribution in [2.75, 3.05) is 0 Å². The number of rotatable bonds is 4. The molecule has 1 fully saturated rings. The predicted octanol–water partition coefficient (Wildman–Crippen LogP) is 6.90. The number of nitrogens with zero attached hydrogens (tertiary/aromatic N) is 1. The Morgan fingerprint density at radius 3 is 2.35 bits per heavy atom. The fourth-order valence-corrected chi connectivity index (χ4v) is 6.04. The summed E-state index contributed by atoms with van der Waals surface area (Å²) in [4.78, 5) is 32.1. The van der Waals surface area contributed by atoms with Gasteiger partial charge in [-0.2, -0.15) is 0 Å². The number of hydrogen-bond acceptors (Lipinski definition) is 4. The molecule has 0 N–H and O–H groups in total. The predicted molar refractivity (Wildman–Crippen MR) is 137 cm³/mol. The molecular weight excluding hydrogens is 490 g/mol. The number of aliphatic imine (C=N–C) groups is 1. The van der Waals surface area contributed by atoms with Gasteiger partial charge in [0.25, 0.3) is 0 Å². The van der Waals surface area contributed by atoms with E-state index in [1.54, 1.807) is 0 Å². The molecule has 0 radical (unpaired) electrons. The highest BCUT2D eigenvalue weighted by molar-refractivity contribution is 9.10. The summed E-state index contributed by atoms with van der Waals surface area (Å²) >= 11 is 3.51. The second-order valence-corrected chi connectivity index (χ2v) is 10.7. The summed E-state index contributed by atoms with van der Waals surface area (Å²) in [5.74, 6) is -0.972. The van der Waals surface area contributed by atoms with Crippen molar-refractivity contribution < 1.29 is 14.3 Å². The number of halogens is 1. The molecule has 2 aliphatic carbocycles. The molecule has 3 aliphatic rings. The van der Waals surface area contributed by atoms with Crippen molar-refractivity contribution in [2.24, 2.45) is 10.9 Å². The van der Waals surface area contributed by atoms with E-state index in [9.17, 15) is 9.59 Å². The van der Waals surface area contributed by atoms with Crippen molar-refractivity contribution >= 4 is 33.4 Å². The Morgan fingerprint density at radius 2 is 1.65 bits per heavy atom. The molecule has 176 valence electrons. The van der Waals surface area contributed by atoms with Crippen LogP contribution in [0.3, 0.4) is 0 Å². The van der Waals surface area contributed by atoms with Crippen LogP contribution in [-0.2, 0) is 14.3 Å². The Labute approximate surface area is 209 Å². The number of ether oxygens (including phenoxy) is 1. The van der Waals surface area contributed by atoms with Crippen LogP contribution in [0.4, 0.5) is 0 Å². The van der Waals surface area contributed by atoms with Gasteiger partial charge in [-0.15, -0.1) is 0 Å². The quantitative estimate of drug-likeness (QED) is 0.412. The Balaban J connectivity index is 1.52. The van der Waals surface area contributed by atoms with Gasteiger partial charge < -0.3 is 4.74 Å². The molecule has 0 bridgehead atoms. The molecule has 0 saturated heterocycles. The van der Waals surface area contributed by atoms with Crippen molar-refractivity contribution in [3.63, 3.8) is 0 Å². The maximum Gasteiger partial charge on any atom is 0.315 e. The summed E-state index contributed by atoms with van der Waals surface area (Å²) < 4.78 is 6.98. The first-order chi connectivity index (χ1) is 16.5. The lowest BCUT2D eigenvalue weighted by molar-refractivity contribution is -0.153. The molecule has 5 rings (SSSR count). The summed E-state index contributed by atoms with van der Waals surface area (Å²) in [6.07, 6.45) is 6.36.